The van der Waals surface area contributed by atoms with Crippen LogP contribution in [-0.4, -0.2) is 69.0 Å². The van der Waals surface area contributed by atoms with Crippen LogP contribution in [0.15, 0.2) is 0 Å². The summed E-state index contributed by atoms with van der Waals surface area (Å²) < 4.78 is 10.4. The molecule has 9 nitrogen and oxygen atoms in total. The van der Waals surface area contributed by atoms with Gasteiger partial charge in [0.15, 0.2) is 0 Å². The van der Waals surface area contributed by atoms with Crippen molar-refractivity contribution in [1.29, 1.82) is 0 Å². The molecule has 0 radical (unpaired) electrons. The molecule has 0 aliphatic rings. The van der Waals surface area contributed by atoms with Crippen LogP contribution in [0, 0.1) is 0 Å². The lowest BCUT2D eigenvalue weighted by Gasteiger charge is -2.09. The van der Waals surface area contributed by atoms with Crippen molar-refractivity contribution in [1.82, 2.24) is 10.6 Å². The van der Waals surface area contributed by atoms with Crippen molar-refractivity contribution in [2.75, 3.05) is 45.3 Å². The average Bonchev–Trinajstić information content (AvgIpc) is 2.56. The summed E-state index contributed by atoms with van der Waals surface area (Å²) in [7, 11) is 0. The minimum atomic E-state index is -0.629. The van der Waals surface area contributed by atoms with Gasteiger partial charge in [0.25, 0.3) is 0 Å². The second-order valence-electron chi connectivity index (χ2n) is 5.34. The van der Waals surface area contributed by atoms with Gasteiger partial charge in [-0.05, 0) is 25.0 Å². The molecular formula is C15H30N4O5S. The van der Waals surface area contributed by atoms with Gasteiger partial charge in [0.1, 0.15) is 6.61 Å². The molecule has 0 aromatic heterocycles. The maximum absolute atomic E-state index is 11.5. The van der Waals surface area contributed by atoms with Gasteiger partial charge in [-0.1, -0.05) is 0 Å². The van der Waals surface area contributed by atoms with E-state index in [1.165, 1.54) is 0 Å². The molecule has 25 heavy (non-hydrogen) atoms. The minimum Gasteiger partial charge on any atom is -0.377 e. The Morgan fingerprint density at radius 2 is 1.64 bits per heavy atom. The number of hydrogen-bond donors (Lipinski definition) is 5. The summed E-state index contributed by atoms with van der Waals surface area (Å²) in [5.41, 5.74) is 10.5. The van der Waals surface area contributed by atoms with Crippen molar-refractivity contribution in [3.8, 4) is 0 Å². The van der Waals surface area contributed by atoms with Crippen LogP contribution >= 0.6 is 12.6 Å². The van der Waals surface area contributed by atoms with Gasteiger partial charge in [-0.15, -0.1) is 0 Å². The molecule has 0 bridgehead atoms. The standard InChI is InChI=1S/C15H30N4O5S/c16-12(15(17)22)3-1-2-5-18-14(21)11-24-9-8-23-7-6-19-13(20)4-10-25/h12,25H,1-11,16H2,(H2,17,22)(H,18,21)(H,19,20). The average molecular weight is 378 g/mol. The first-order valence-electron chi connectivity index (χ1n) is 8.32. The maximum Gasteiger partial charge on any atom is 0.245 e. The minimum absolute atomic E-state index is 0.0388. The summed E-state index contributed by atoms with van der Waals surface area (Å²) in [6, 6.07) is -0.629. The smallest absolute Gasteiger partial charge is 0.245 e. The monoisotopic (exact) mass is 378 g/mol. The molecule has 0 spiro atoms. The number of carbonyl (C=O) groups excluding carboxylic acids is 3. The molecule has 0 fully saturated rings. The number of amides is 3. The third-order valence-electron chi connectivity index (χ3n) is 3.14. The SMILES string of the molecule is NC(=O)C(N)CCCCNC(=O)COCCOCCNC(=O)CCS. The number of nitrogens with two attached hydrogens (primary N) is 2. The number of nitrogens with one attached hydrogen (secondary N) is 2. The van der Waals surface area contributed by atoms with E-state index < -0.39 is 11.9 Å². The molecule has 0 saturated heterocycles. The molecule has 0 saturated carbocycles. The summed E-state index contributed by atoms with van der Waals surface area (Å²) in [6.07, 6.45) is 2.33. The van der Waals surface area contributed by atoms with E-state index in [2.05, 4.69) is 23.3 Å². The number of unbranched alkanes of at least 4 members (excludes halogenated alkanes) is 1. The zero-order valence-corrected chi connectivity index (χ0v) is 15.4. The van der Waals surface area contributed by atoms with Crippen molar-refractivity contribution >= 4 is 30.4 Å². The molecule has 0 aliphatic carbocycles. The zero-order chi connectivity index (χ0) is 18.9. The highest BCUT2D eigenvalue weighted by Crippen LogP contribution is 1.97. The number of rotatable bonds is 16. The molecule has 6 N–H and O–H groups in total. The summed E-state index contributed by atoms with van der Waals surface area (Å²) in [4.78, 5) is 33.4. The van der Waals surface area contributed by atoms with Gasteiger partial charge in [0.05, 0.1) is 25.9 Å². The van der Waals surface area contributed by atoms with Crippen LogP contribution in [0.5, 0.6) is 0 Å². The number of thiol groups is 1. The lowest BCUT2D eigenvalue weighted by atomic mass is 10.1. The van der Waals surface area contributed by atoms with Crippen LogP contribution in [0.1, 0.15) is 25.7 Å². The Morgan fingerprint density at radius 1 is 0.960 bits per heavy atom. The molecule has 0 aliphatic heterocycles. The third kappa shape index (κ3) is 15.9. The molecule has 146 valence electrons. The fourth-order valence-corrected chi connectivity index (χ4v) is 1.95. The lowest BCUT2D eigenvalue weighted by molar-refractivity contribution is -0.126. The lowest BCUT2D eigenvalue weighted by Crippen LogP contribution is -2.36. The topological polar surface area (TPSA) is 146 Å². The Morgan fingerprint density at radius 3 is 2.32 bits per heavy atom. The predicted octanol–water partition coefficient (Wildman–Crippen LogP) is -1.45. The van der Waals surface area contributed by atoms with E-state index in [9.17, 15) is 14.4 Å². The van der Waals surface area contributed by atoms with Crippen LogP contribution in [0.4, 0.5) is 0 Å². The second kappa shape index (κ2) is 16.1. The molecule has 0 rings (SSSR count). The molecule has 0 aromatic carbocycles. The van der Waals surface area contributed by atoms with Crippen molar-refractivity contribution < 1.29 is 23.9 Å². The summed E-state index contributed by atoms with van der Waals surface area (Å²) in [6.45, 7) is 1.93. The highest BCUT2D eigenvalue weighted by molar-refractivity contribution is 7.80. The fourth-order valence-electron chi connectivity index (χ4n) is 1.75. The van der Waals surface area contributed by atoms with Gasteiger partial charge >= 0.3 is 0 Å². The number of primary amides is 1. The highest BCUT2D eigenvalue weighted by Gasteiger charge is 2.08. The Balaban J connectivity index is 3.33. The fraction of sp³-hybridized carbons (Fsp3) is 0.800. The summed E-state index contributed by atoms with van der Waals surface area (Å²) in [5.74, 6) is -0.259. The Hall–Kier alpha value is -1.36. The van der Waals surface area contributed by atoms with Crippen molar-refractivity contribution in [3.05, 3.63) is 0 Å². The number of hydrogen-bond acceptors (Lipinski definition) is 7. The van der Waals surface area contributed by atoms with E-state index in [0.29, 0.717) is 57.9 Å². The third-order valence-corrected chi connectivity index (χ3v) is 3.37. The van der Waals surface area contributed by atoms with Crippen LogP contribution in [0.3, 0.4) is 0 Å². The van der Waals surface area contributed by atoms with Gasteiger partial charge < -0.3 is 31.6 Å². The first-order chi connectivity index (χ1) is 12.0. The molecular weight excluding hydrogens is 348 g/mol. The van der Waals surface area contributed by atoms with Crippen molar-refractivity contribution in [2.45, 2.75) is 31.7 Å². The van der Waals surface area contributed by atoms with Crippen LogP contribution < -0.4 is 22.1 Å². The molecule has 10 heteroatoms. The number of ether oxygens (including phenoxy) is 2. The Kier molecular flexibility index (Phi) is 15.2. The highest BCUT2D eigenvalue weighted by atomic mass is 32.1. The normalized spacial score (nSPS) is 11.8. The van der Waals surface area contributed by atoms with E-state index in [4.69, 9.17) is 20.9 Å². The largest absolute Gasteiger partial charge is 0.377 e. The molecule has 0 heterocycles. The zero-order valence-electron chi connectivity index (χ0n) is 14.5. The van der Waals surface area contributed by atoms with Crippen molar-refractivity contribution in [2.24, 2.45) is 11.5 Å². The Bertz CT molecular complexity index is 398. The van der Waals surface area contributed by atoms with Crippen LogP contribution in [0.25, 0.3) is 0 Å². The van der Waals surface area contributed by atoms with Gasteiger partial charge in [-0.2, -0.15) is 12.6 Å². The van der Waals surface area contributed by atoms with Gasteiger partial charge in [0.2, 0.25) is 17.7 Å². The maximum atomic E-state index is 11.5. The van der Waals surface area contributed by atoms with Gasteiger partial charge in [-0.25, -0.2) is 0 Å². The van der Waals surface area contributed by atoms with E-state index in [-0.39, 0.29) is 18.4 Å². The van der Waals surface area contributed by atoms with Crippen molar-refractivity contribution in [3.63, 3.8) is 0 Å². The summed E-state index contributed by atoms with van der Waals surface area (Å²) >= 11 is 3.96. The molecule has 1 atom stereocenters. The van der Waals surface area contributed by atoms with E-state index in [1.807, 2.05) is 0 Å². The van der Waals surface area contributed by atoms with E-state index >= 15 is 0 Å². The summed E-state index contributed by atoms with van der Waals surface area (Å²) in [5, 5.41) is 5.39. The quantitative estimate of drug-likeness (QED) is 0.164. The first kappa shape index (κ1) is 23.6. The van der Waals surface area contributed by atoms with Crippen LogP contribution in [0.2, 0.25) is 0 Å². The predicted molar refractivity (Wildman–Crippen MR) is 97.1 cm³/mol. The molecule has 0 aromatic rings. The Labute approximate surface area is 153 Å². The van der Waals surface area contributed by atoms with E-state index in [1.54, 1.807) is 0 Å². The number of carbonyl (C=O) groups is 3. The molecule has 1 unspecified atom stereocenters. The molecule has 3 amide bonds. The van der Waals surface area contributed by atoms with E-state index in [0.717, 1.165) is 6.42 Å². The van der Waals surface area contributed by atoms with Gasteiger partial charge in [-0.3, -0.25) is 14.4 Å². The second-order valence-corrected chi connectivity index (χ2v) is 5.79. The first-order valence-corrected chi connectivity index (χ1v) is 8.95. The van der Waals surface area contributed by atoms with Gasteiger partial charge in [0, 0.05) is 19.5 Å². The van der Waals surface area contributed by atoms with Crippen LogP contribution in [-0.2, 0) is 23.9 Å².